The Hall–Kier alpha value is -3.04. The van der Waals surface area contributed by atoms with Crippen molar-refractivity contribution in [3.05, 3.63) is 71.5 Å². The van der Waals surface area contributed by atoms with Crippen LogP contribution in [0.15, 0.2) is 59.6 Å². The molecule has 0 saturated carbocycles. The summed E-state index contributed by atoms with van der Waals surface area (Å²) in [6.45, 7) is 1.83. The van der Waals surface area contributed by atoms with Gasteiger partial charge in [0.1, 0.15) is 0 Å². The largest absolute Gasteiger partial charge is 0.465 e. The summed E-state index contributed by atoms with van der Waals surface area (Å²) in [5.74, 6) is -0.419. The van der Waals surface area contributed by atoms with E-state index in [1.807, 2.05) is 6.92 Å². The van der Waals surface area contributed by atoms with E-state index >= 15 is 0 Å². The summed E-state index contributed by atoms with van der Waals surface area (Å²) < 4.78 is 35.6. The molecule has 0 fully saturated rings. The summed E-state index contributed by atoms with van der Waals surface area (Å²) in [6.07, 6.45) is 1.96. The van der Waals surface area contributed by atoms with Crippen LogP contribution >= 0.6 is 0 Å². The van der Waals surface area contributed by atoms with Crippen molar-refractivity contribution in [2.75, 3.05) is 13.7 Å². The van der Waals surface area contributed by atoms with Crippen molar-refractivity contribution in [2.45, 2.75) is 18.2 Å². The van der Waals surface area contributed by atoms with Crippen molar-refractivity contribution in [1.29, 1.82) is 0 Å². The number of aromatic nitrogens is 3. The zero-order valence-corrected chi connectivity index (χ0v) is 16.2. The topological polar surface area (TPSA) is 100 Å². The Bertz CT molecular complexity index is 1060. The Balaban J connectivity index is 1.60. The van der Waals surface area contributed by atoms with Crippen molar-refractivity contribution in [3.63, 3.8) is 0 Å². The predicted molar refractivity (Wildman–Crippen MR) is 101 cm³/mol. The van der Waals surface area contributed by atoms with Gasteiger partial charge >= 0.3 is 5.97 Å². The molecule has 8 nitrogen and oxygen atoms in total. The Morgan fingerprint density at radius 2 is 1.75 bits per heavy atom. The lowest BCUT2D eigenvalue weighted by molar-refractivity contribution is 0.0600. The minimum atomic E-state index is -3.81. The molecule has 0 radical (unpaired) electrons. The normalized spacial score (nSPS) is 11.4. The highest BCUT2D eigenvalue weighted by atomic mass is 32.2. The van der Waals surface area contributed by atoms with E-state index in [0.717, 1.165) is 5.56 Å². The number of esters is 1. The smallest absolute Gasteiger partial charge is 0.337 e. The molecule has 0 bridgehead atoms. The number of methoxy groups -OCH3 is 1. The van der Waals surface area contributed by atoms with Crippen molar-refractivity contribution in [2.24, 2.45) is 0 Å². The van der Waals surface area contributed by atoms with Crippen LogP contribution in [0.5, 0.6) is 0 Å². The minimum absolute atomic E-state index is 0.0455. The Kier molecular flexibility index (Phi) is 5.86. The number of aryl methyl sites for hydroxylation is 1. The van der Waals surface area contributed by atoms with Crippen molar-refractivity contribution >= 4 is 16.1 Å². The Morgan fingerprint density at radius 3 is 2.39 bits per heavy atom. The molecule has 1 heterocycles. The van der Waals surface area contributed by atoms with Gasteiger partial charge in [-0.1, -0.05) is 22.9 Å². The van der Waals surface area contributed by atoms with E-state index in [0.29, 0.717) is 16.9 Å². The summed E-state index contributed by atoms with van der Waals surface area (Å²) in [6, 6.07) is 13.1. The Labute approximate surface area is 162 Å². The highest BCUT2D eigenvalue weighted by molar-refractivity contribution is 7.86. The van der Waals surface area contributed by atoms with E-state index in [2.05, 4.69) is 15.0 Å². The monoisotopic (exact) mass is 401 g/mol. The predicted octanol–water partition coefficient (Wildman–Crippen LogP) is 2.31. The summed E-state index contributed by atoms with van der Waals surface area (Å²) >= 11 is 0. The molecule has 0 aliphatic heterocycles. The average Bonchev–Trinajstić information content (AvgIpc) is 3.16. The number of ether oxygens (including phenoxy) is 1. The van der Waals surface area contributed by atoms with Gasteiger partial charge in [0.2, 0.25) is 0 Å². The van der Waals surface area contributed by atoms with E-state index in [1.54, 1.807) is 42.6 Å². The molecule has 0 atom stereocenters. The maximum atomic E-state index is 12.2. The van der Waals surface area contributed by atoms with Gasteiger partial charge in [0.25, 0.3) is 10.1 Å². The molecule has 3 aromatic rings. The highest BCUT2D eigenvalue weighted by Gasteiger charge is 2.15. The third kappa shape index (κ3) is 4.62. The van der Waals surface area contributed by atoms with Crippen LogP contribution < -0.4 is 0 Å². The van der Waals surface area contributed by atoms with Crippen molar-refractivity contribution in [3.8, 4) is 5.69 Å². The standard InChI is InChI=1S/C19H19N3O5S/c1-14-3-9-18(10-4-14)28(24,25)27-12-11-16-13-22(21-20-16)17-7-5-15(6-8-17)19(23)26-2/h3-10,13H,11-12H2,1-2H3. The van der Waals surface area contributed by atoms with Crippen LogP contribution in [-0.4, -0.2) is 43.1 Å². The lowest BCUT2D eigenvalue weighted by Crippen LogP contribution is -2.09. The van der Waals surface area contributed by atoms with Crippen molar-refractivity contribution < 1.29 is 22.1 Å². The van der Waals surface area contributed by atoms with Gasteiger partial charge in [-0.3, -0.25) is 4.18 Å². The number of nitrogens with zero attached hydrogens (tertiary/aromatic N) is 3. The maximum absolute atomic E-state index is 12.2. The molecular formula is C19H19N3O5S. The molecule has 0 N–H and O–H groups in total. The number of hydrogen-bond acceptors (Lipinski definition) is 7. The van der Waals surface area contributed by atoms with E-state index in [-0.39, 0.29) is 17.9 Å². The molecule has 0 spiro atoms. The van der Waals surface area contributed by atoms with E-state index in [9.17, 15) is 13.2 Å². The van der Waals surface area contributed by atoms with Crippen LogP contribution in [0.3, 0.4) is 0 Å². The third-order valence-corrected chi connectivity index (χ3v) is 5.33. The number of hydrogen-bond donors (Lipinski definition) is 0. The SMILES string of the molecule is COC(=O)c1ccc(-n2cc(CCOS(=O)(=O)c3ccc(C)cc3)nn2)cc1. The zero-order chi connectivity index (χ0) is 20.1. The van der Waals surface area contributed by atoms with Crippen LogP contribution in [0.4, 0.5) is 0 Å². The zero-order valence-electron chi connectivity index (χ0n) is 15.4. The molecule has 9 heteroatoms. The average molecular weight is 401 g/mol. The minimum Gasteiger partial charge on any atom is -0.465 e. The highest BCUT2D eigenvalue weighted by Crippen LogP contribution is 2.14. The fourth-order valence-corrected chi connectivity index (χ4v) is 3.34. The molecule has 1 aromatic heterocycles. The molecule has 0 saturated heterocycles. The summed E-state index contributed by atoms with van der Waals surface area (Å²) in [5, 5.41) is 8.03. The van der Waals surface area contributed by atoms with Gasteiger partial charge in [-0.05, 0) is 43.3 Å². The first kappa shape index (κ1) is 19.7. The molecule has 0 aliphatic rings. The molecule has 3 rings (SSSR count). The molecule has 0 unspecified atom stereocenters. The lowest BCUT2D eigenvalue weighted by atomic mass is 10.2. The third-order valence-electron chi connectivity index (χ3n) is 4.00. The maximum Gasteiger partial charge on any atom is 0.337 e. The molecule has 2 aromatic carbocycles. The Morgan fingerprint density at radius 1 is 1.07 bits per heavy atom. The van der Waals surface area contributed by atoms with Crippen LogP contribution in [-0.2, 0) is 25.5 Å². The second-order valence-corrected chi connectivity index (χ2v) is 7.65. The van der Waals surface area contributed by atoms with Crippen LogP contribution in [0.25, 0.3) is 5.69 Å². The van der Waals surface area contributed by atoms with Gasteiger partial charge in [-0.2, -0.15) is 8.42 Å². The van der Waals surface area contributed by atoms with Gasteiger partial charge in [-0.25, -0.2) is 9.48 Å². The summed E-state index contributed by atoms with van der Waals surface area (Å²) in [7, 11) is -2.49. The van der Waals surface area contributed by atoms with Crippen LogP contribution in [0.2, 0.25) is 0 Å². The summed E-state index contributed by atoms with van der Waals surface area (Å²) in [5.41, 5.74) is 2.69. The number of carbonyl (C=O) groups excluding carboxylic acids is 1. The van der Waals surface area contributed by atoms with Gasteiger partial charge < -0.3 is 4.74 Å². The van der Waals surface area contributed by atoms with E-state index < -0.39 is 16.1 Å². The molecule has 28 heavy (non-hydrogen) atoms. The number of benzene rings is 2. The molecule has 0 aliphatic carbocycles. The quantitative estimate of drug-likeness (QED) is 0.442. The van der Waals surface area contributed by atoms with Gasteiger partial charge in [-0.15, -0.1) is 5.10 Å². The lowest BCUT2D eigenvalue weighted by Gasteiger charge is -2.05. The molecular weight excluding hydrogens is 382 g/mol. The van der Waals surface area contributed by atoms with Gasteiger partial charge in [0.05, 0.1) is 41.8 Å². The van der Waals surface area contributed by atoms with Crippen LogP contribution in [0, 0.1) is 6.92 Å². The van der Waals surface area contributed by atoms with Crippen LogP contribution in [0.1, 0.15) is 21.6 Å². The number of carbonyl (C=O) groups is 1. The first-order valence-electron chi connectivity index (χ1n) is 8.45. The fourth-order valence-electron chi connectivity index (χ4n) is 2.44. The van der Waals surface area contributed by atoms with E-state index in [1.165, 1.54) is 23.9 Å². The molecule has 0 amide bonds. The van der Waals surface area contributed by atoms with Gasteiger partial charge in [0.15, 0.2) is 0 Å². The molecule has 146 valence electrons. The summed E-state index contributed by atoms with van der Waals surface area (Å²) in [4.78, 5) is 11.6. The second kappa shape index (κ2) is 8.32. The number of rotatable bonds is 7. The second-order valence-electron chi connectivity index (χ2n) is 6.03. The van der Waals surface area contributed by atoms with Crippen molar-refractivity contribution in [1.82, 2.24) is 15.0 Å². The van der Waals surface area contributed by atoms with E-state index in [4.69, 9.17) is 4.18 Å². The first-order valence-corrected chi connectivity index (χ1v) is 9.86. The fraction of sp³-hybridized carbons (Fsp3) is 0.211. The first-order chi connectivity index (χ1) is 13.4. The van der Waals surface area contributed by atoms with Gasteiger partial charge in [0, 0.05) is 6.42 Å².